The molecule has 1 aromatic heterocycles. The third-order valence-electron chi connectivity index (χ3n) is 5.73. The highest BCUT2D eigenvalue weighted by Crippen LogP contribution is 2.45. The first-order chi connectivity index (χ1) is 12.2. The van der Waals surface area contributed by atoms with Crippen LogP contribution in [0.4, 0.5) is 0 Å². The smallest absolute Gasteiger partial charge is 0.228 e. The average Bonchev–Trinajstić information content (AvgIpc) is 2.89. The molecular weight excluding hydrogens is 318 g/mol. The van der Waals surface area contributed by atoms with Crippen LogP contribution in [-0.4, -0.2) is 74.3 Å². The van der Waals surface area contributed by atoms with Gasteiger partial charge in [0.15, 0.2) is 0 Å². The van der Waals surface area contributed by atoms with Gasteiger partial charge in [0.1, 0.15) is 0 Å². The second kappa shape index (κ2) is 8.25. The van der Waals surface area contributed by atoms with Crippen molar-refractivity contribution in [3.8, 4) is 0 Å². The average molecular weight is 347 g/mol. The zero-order chi connectivity index (χ0) is 17.7. The van der Waals surface area contributed by atoms with Crippen LogP contribution in [0.2, 0.25) is 0 Å². The molecule has 2 aliphatic heterocycles. The maximum Gasteiger partial charge on any atom is 0.228 e. The standard InChI is InChI=1S/C19H29N3O3/c1-24-11-10-22-15-19(17(14-25-2)18(22)23)5-8-21(9-6-19)13-16-4-3-7-20-12-16/h3-4,7,12,17H,5-6,8-11,13-15H2,1-2H3/t17-/m1/s1. The third kappa shape index (κ3) is 4.02. The number of aromatic nitrogens is 1. The fourth-order valence-electron chi connectivity index (χ4n) is 4.27. The van der Waals surface area contributed by atoms with E-state index >= 15 is 0 Å². The highest BCUT2D eigenvalue weighted by molar-refractivity contribution is 5.82. The molecule has 2 saturated heterocycles. The molecule has 0 unspecified atom stereocenters. The number of nitrogens with zero attached hydrogens (tertiary/aromatic N) is 3. The number of hydrogen-bond acceptors (Lipinski definition) is 5. The number of amides is 1. The Morgan fingerprint density at radius 1 is 1.28 bits per heavy atom. The molecule has 0 aromatic carbocycles. The predicted octanol–water partition coefficient (Wildman–Crippen LogP) is 1.41. The molecule has 2 fully saturated rings. The van der Waals surface area contributed by atoms with E-state index in [0.29, 0.717) is 19.8 Å². The van der Waals surface area contributed by atoms with Gasteiger partial charge in [0, 0.05) is 51.7 Å². The summed E-state index contributed by atoms with van der Waals surface area (Å²) in [5.74, 6) is 0.217. The van der Waals surface area contributed by atoms with Crippen molar-refractivity contribution in [1.29, 1.82) is 0 Å². The SMILES string of the molecule is COCCN1CC2(CCN(Cc3cccnc3)CC2)[C@H](COC)C1=O. The Hall–Kier alpha value is -1.50. The number of rotatable bonds is 7. The van der Waals surface area contributed by atoms with E-state index in [0.717, 1.165) is 39.0 Å². The lowest BCUT2D eigenvalue weighted by molar-refractivity contribution is -0.134. The van der Waals surface area contributed by atoms with Gasteiger partial charge in [0.25, 0.3) is 0 Å². The van der Waals surface area contributed by atoms with Crippen molar-refractivity contribution in [1.82, 2.24) is 14.8 Å². The summed E-state index contributed by atoms with van der Waals surface area (Å²) < 4.78 is 10.6. The lowest BCUT2D eigenvalue weighted by Crippen LogP contribution is -2.45. The van der Waals surface area contributed by atoms with Crippen LogP contribution in [0.15, 0.2) is 24.5 Å². The third-order valence-corrected chi connectivity index (χ3v) is 5.73. The van der Waals surface area contributed by atoms with Gasteiger partial charge in [-0.05, 0) is 37.6 Å². The van der Waals surface area contributed by atoms with Crippen LogP contribution >= 0.6 is 0 Å². The van der Waals surface area contributed by atoms with Gasteiger partial charge in [-0.1, -0.05) is 6.07 Å². The van der Waals surface area contributed by atoms with Crippen molar-refractivity contribution in [3.63, 3.8) is 0 Å². The van der Waals surface area contributed by atoms with E-state index in [-0.39, 0.29) is 17.2 Å². The van der Waals surface area contributed by atoms with Crippen molar-refractivity contribution in [2.75, 3.05) is 53.6 Å². The minimum absolute atomic E-state index is 0.0186. The number of piperidine rings is 1. The normalized spacial score (nSPS) is 23.5. The summed E-state index contributed by atoms with van der Waals surface area (Å²) in [5.41, 5.74) is 1.29. The molecule has 6 heteroatoms. The van der Waals surface area contributed by atoms with Crippen LogP contribution in [0.25, 0.3) is 0 Å². The quantitative estimate of drug-likeness (QED) is 0.747. The van der Waals surface area contributed by atoms with Crippen LogP contribution in [-0.2, 0) is 20.8 Å². The molecule has 0 bridgehead atoms. The minimum Gasteiger partial charge on any atom is -0.384 e. The highest BCUT2D eigenvalue weighted by Gasteiger charge is 2.52. The monoisotopic (exact) mass is 347 g/mol. The van der Waals surface area contributed by atoms with Crippen molar-refractivity contribution in [2.45, 2.75) is 19.4 Å². The number of ether oxygens (including phenoxy) is 2. The van der Waals surface area contributed by atoms with E-state index in [1.165, 1.54) is 5.56 Å². The number of likely N-dealkylation sites (tertiary alicyclic amines) is 2. The zero-order valence-electron chi connectivity index (χ0n) is 15.3. The predicted molar refractivity (Wildman–Crippen MR) is 95.0 cm³/mol. The van der Waals surface area contributed by atoms with E-state index in [2.05, 4.69) is 16.0 Å². The molecule has 0 aliphatic carbocycles. The molecule has 0 saturated carbocycles. The highest BCUT2D eigenvalue weighted by atomic mass is 16.5. The Kier molecular flexibility index (Phi) is 6.04. The zero-order valence-corrected chi connectivity index (χ0v) is 15.3. The molecule has 0 radical (unpaired) electrons. The summed E-state index contributed by atoms with van der Waals surface area (Å²) in [5, 5.41) is 0. The second-order valence-electron chi connectivity index (χ2n) is 7.26. The summed E-state index contributed by atoms with van der Waals surface area (Å²) in [7, 11) is 3.37. The van der Waals surface area contributed by atoms with Gasteiger partial charge >= 0.3 is 0 Å². The molecular formula is C19H29N3O3. The fourth-order valence-corrected chi connectivity index (χ4v) is 4.27. The Morgan fingerprint density at radius 2 is 2.08 bits per heavy atom. The Balaban J connectivity index is 1.63. The summed E-state index contributed by atoms with van der Waals surface area (Å²) in [6, 6.07) is 4.11. The van der Waals surface area contributed by atoms with Gasteiger partial charge in [0.2, 0.25) is 5.91 Å². The molecule has 1 aromatic rings. The van der Waals surface area contributed by atoms with Crippen LogP contribution in [0.3, 0.4) is 0 Å². The summed E-state index contributed by atoms with van der Waals surface area (Å²) >= 11 is 0. The summed E-state index contributed by atoms with van der Waals surface area (Å²) in [6.45, 7) is 5.58. The molecule has 1 atom stereocenters. The van der Waals surface area contributed by atoms with E-state index in [9.17, 15) is 4.79 Å². The van der Waals surface area contributed by atoms with Gasteiger partial charge in [-0.2, -0.15) is 0 Å². The summed E-state index contributed by atoms with van der Waals surface area (Å²) in [6.07, 6.45) is 5.82. The lowest BCUT2D eigenvalue weighted by Gasteiger charge is -2.41. The van der Waals surface area contributed by atoms with Crippen molar-refractivity contribution in [2.24, 2.45) is 11.3 Å². The van der Waals surface area contributed by atoms with Gasteiger partial charge in [-0.25, -0.2) is 0 Å². The Morgan fingerprint density at radius 3 is 2.72 bits per heavy atom. The Labute approximate surface area is 150 Å². The van der Waals surface area contributed by atoms with Crippen molar-refractivity contribution in [3.05, 3.63) is 30.1 Å². The van der Waals surface area contributed by atoms with Crippen LogP contribution in [0, 0.1) is 11.3 Å². The van der Waals surface area contributed by atoms with Crippen LogP contribution < -0.4 is 0 Å². The first-order valence-electron chi connectivity index (χ1n) is 9.06. The van der Waals surface area contributed by atoms with E-state index in [4.69, 9.17) is 9.47 Å². The number of carbonyl (C=O) groups excluding carboxylic acids is 1. The molecule has 2 aliphatic rings. The van der Waals surface area contributed by atoms with Crippen molar-refractivity contribution >= 4 is 5.91 Å². The molecule has 25 heavy (non-hydrogen) atoms. The number of methoxy groups -OCH3 is 2. The number of hydrogen-bond donors (Lipinski definition) is 0. The maximum atomic E-state index is 12.8. The number of pyridine rings is 1. The molecule has 1 spiro atoms. The van der Waals surface area contributed by atoms with Gasteiger partial charge in [-0.3, -0.25) is 14.7 Å². The maximum absolute atomic E-state index is 12.8. The number of carbonyl (C=O) groups is 1. The van der Waals surface area contributed by atoms with Crippen molar-refractivity contribution < 1.29 is 14.3 Å². The van der Waals surface area contributed by atoms with Gasteiger partial charge in [0.05, 0.1) is 19.1 Å². The molecule has 6 nitrogen and oxygen atoms in total. The fraction of sp³-hybridized carbons (Fsp3) is 0.684. The van der Waals surface area contributed by atoms with Crippen LogP contribution in [0.1, 0.15) is 18.4 Å². The van der Waals surface area contributed by atoms with E-state index < -0.39 is 0 Å². The molecule has 1 amide bonds. The van der Waals surface area contributed by atoms with Gasteiger partial charge in [-0.15, -0.1) is 0 Å². The minimum atomic E-state index is -0.0186. The molecule has 3 rings (SSSR count). The lowest BCUT2D eigenvalue weighted by atomic mass is 9.71. The second-order valence-corrected chi connectivity index (χ2v) is 7.26. The van der Waals surface area contributed by atoms with Crippen LogP contribution in [0.5, 0.6) is 0 Å². The van der Waals surface area contributed by atoms with E-state index in [1.54, 1.807) is 14.2 Å². The topological polar surface area (TPSA) is 54.9 Å². The first-order valence-corrected chi connectivity index (χ1v) is 9.06. The molecule has 3 heterocycles. The first kappa shape index (κ1) is 18.3. The summed E-state index contributed by atoms with van der Waals surface area (Å²) in [4.78, 5) is 21.5. The molecule has 0 N–H and O–H groups in total. The Bertz CT molecular complexity index is 558. The molecule has 138 valence electrons. The van der Waals surface area contributed by atoms with E-state index in [1.807, 2.05) is 23.4 Å². The largest absolute Gasteiger partial charge is 0.384 e. The van der Waals surface area contributed by atoms with Gasteiger partial charge < -0.3 is 14.4 Å².